The fourth-order valence-corrected chi connectivity index (χ4v) is 3.04. The third-order valence-corrected chi connectivity index (χ3v) is 3.89. The summed E-state index contributed by atoms with van der Waals surface area (Å²) in [5, 5.41) is 9.12. The van der Waals surface area contributed by atoms with Crippen molar-refractivity contribution in [3.05, 3.63) is 18.1 Å². The van der Waals surface area contributed by atoms with Crippen molar-refractivity contribution in [3.8, 4) is 5.88 Å². The first-order valence-corrected chi connectivity index (χ1v) is 6.43. The van der Waals surface area contributed by atoms with Gasteiger partial charge in [0.2, 0.25) is 5.88 Å². The zero-order valence-corrected chi connectivity index (χ0v) is 10.7. The fraction of sp³-hybridized carbons (Fsp3) is 0.583. The van der Waals surface area contributed by atoms with Crippen LogP contribution in [0.2, 0.25) is 0 Å². The molecule has 0 aromatic carbocycles. The van der Waals surface area contributed by atoms with E-state index < -0.39 is 18.0 Å². The summed E-state index contributed by atoms with van der Waals surface area (Å²) < 4.78 is 42.6. The van der Waals surface area contributed by atoms with Crippen LogP contribution < -0.4 is 4.74 Å². The molecule has 2 fully saturated rings. The van der Waals surface area contributed by atoms with E-state index in [0.717, 1.165) is 12.6 Å². The molecule has 6 nitrogen and oxygen atoms in total. The zero-order chi connectivity index (χ0) is 15.2. The maximum atomic E-state index is 12.4. The third-order valence-electron chi connectivity index (χ3n) is 3.89. The van der Waals surface area contributed by atoms with Gasteiger partial charge in [0.15, 0.2) is 5.69 Å². The summed E-state index contributed by atoms with van der Waals surface area (Å²) in [7, 11) is 0. The molecule has 2 saturated heterocycles. The first-order valence-electron chi connectivity index (χ1n) is 6.43. The number of hydrogen-bond donors (Lipinski definition) is 1. The van der Waals surface area contributed by atoms with Crippen LogP contribution in [0.1, 0.15) is 25.0 Å². The number of hydrogen-bond acceptors (Lipinski definition) is 4. The number of amides is 1. The van der Waals surface area contributed by atoms with Gasteiger partial charge in [-0.2, -0.15) is 13.2 Å². The molecule has 0 saturated carbocycles. The van der Waals surface area contributed by atoms with E-state index in [9.17, 15) is 18.0 Å². The molecule has 0 spiro atoms. The Labute approximate surface area is 117 Å². The Balaban J connectivity index is 1.70. The molecule has 2 aliphatic rings. The number of carboxylic acid groups (broad SMARTS) is 1. The van der Waals surface area contributed by atoms with Gasteiger partial charge in [0.25, 0.3) is 0 Å². The lowest BCUT2D eigenvalue weighted by Gasteiger charge is -2.22. The summed E-state index contributed by atoms with van der Waals surface area (Å²) in [5.41, 5.74) is -1.09. The van der Waals surface area contributed by atoms with Crippen LogP contribution in [0.25, 0.3) is 0 Å². The van der Waals surface area contributed by atoms with Crippen molar-refractivity contribution in [3.63, 3.8) is 0 Å². The molecule has 0 radical (unpaired) electrons. The first-order chi connectivity index (χ1) is 9.86. The molecule has 1 aromatic heterocycles. The van der Waals surface area contributed by atoms with E-state index in [0.29, 0.717) is 19.0 Å². The maximum absolute atomic E-state index is 12.4. The van der Waals surface area contributed by atoms with Gasteiger partial charge in [-0.25, -0.2) is 14.8 Å². The normalized spacial score (nSPS) is 28.0. The highest BCUT2D eigenvalue weighted by Gasteiger charge is 2.50. The second-order valence-corrected chi connectivity index (χ2v) is 5.12. The quantitative estimate of drug-likeness (QED) is 0.906. The summed E-state index contributed by atoms with van der Waals surface area (Å²) in [6, 6.07) is -0.350. The number of ether oxygens (including phenoxy) is 1. The lowest BCUT2D eigenvalue weighted by molar-refractivity contribution is -0.141. The number of carbonyl (C=O) groups is 1. The SMILES string of the molecule is O=C(O)N1C2CCC1C(Oc1cnc(C(F)(F)F)cn1)C2. The molecule has 2 aliphatic heterocycles. The van der Waals surface area contributed by atoms with Crippen molar-refractivity contribution in [1.82, 2.24) is 14.9 Å². The van der Waals surface area contributed by atoms with E-state index in [1.54, 1.807) is 0 Å². The number of rotatable bonds is 2. The molecule has 1 aromatic rings. The molecular formula is C12H12F3N3O3. The van der Waals surface area contributed by atoms with Gasteiger partial charge in [-0.1, -0.05) is 0 Å². The van der Waals surface area contributed by atoms with Crippen molar-refractivity contribution >= 4 is 6.09 Å². The number of nitrogens with zero attached hydrogens (tertiary/aromatic N) is 3. The first kappa shape index (κ1) is 13.9. The molecule has 2 bridgehead atoms. The Morgan fingerprint density at radius 1 is 1.33 bits per heavy atom. The van der Waals surface area contributed by atoms with Crippen LogP contribution >= 0.6 is 0 Å². The minimum atomic E-state index is -4.54. The molecule has 114 valence electrons. The number of aromatic nitrogens is 2. The van der Waals surface area contributed by atoms with Crippen molar-refractivity contribution in [2.24, 2.45) is 0 Å². The molecule has 3 unspecified atom stereocenters. The Kier molecular flexibility index (Phi) is 3.14. The van der Waals surface area contributed by atoms with Gasteiger partial charge in [0.05, 0.1) is 18.4 Å². The summed E-state index contributed by atoms with van der Waals surface area (Å²) in [6.07, 6.45) is -2.39. The van der Waals surface area contributed by atoms with Crippen LogP contribution in [0, 0.1) is 0 Å². The summed E-state index contributed by atoms with van der Waals surface area (Å²) in [6.45, 7) is 0. The van der Waals surface area contributed by atoms with Crippen molar-refractivity contribution in [2.75, 3.05) is 0 Å². The van der Waals surface area contributed by atoms with Crippen LogP contribution in [-0.4, -0.2) is 44.3 Å². The van der Waals surface area contributed by atoms with E-state index in [1.807, 2.05) is 0 Å². The van der Waals surface area contributed by atoms with E-state index in [-0.39, 0.29) is 24.1 Å². The largest absolute Gasteiger partial charge is 0.471 e. The van der Waals surface area contributed by atoms with Crippen LogP contribution in [0.3, 0.4) is 0 Å². The average molecular weight is 303 g/mol. The van der Waals surface area contributed by atoms with Gasteiger partial charge in [-0.15, -0.1) is 0 Å². The highest BCUT2D eigenvalue weighted by Crippen LogP contribution is 2.39. The summed E-state index contributed by atoms with van der Waals surface area (Å²) in [4.78, 5) is 19.4. The maximum Gasteiger partial charge on any atom is 0.434 e. The van der Waals surface area contributed by atoms with Gasteiger partial charge in [-0.3, -0.25) is 4.90 Å². The van der Waals surface area contributed by atoms with E-state index in [4.69, 9.17) is 9.84 Å². The highest BCUT2D eigenvalue weighted by atomic mass is 19.4. The standard InChI is InChI=1S/C12H12F3N3O3/c13-12(14,15)9-4-17-10(5-16-9)21-8-3-6-1-2-7(8)18(6)11(19)20/h4-8H,1-3H2,(H,19,20). The lowest BCUT2D eigenvalue weighted by atomic mass is 9.98. The highest BCUT2D eigenvalue weighted by molar-refractivity contribution is 5.67. The minimum Gasteiger partial charge on any atom is -0.471 e. The summed E-state index contributed by atoms with van der Waals surface area (Å²) in [5.74, 6) is -0.0223. The molecule has 21 heavy (non-hydrogen) atoms. The molecule has 3 rings (SSSR count). The topological polar surface area (TPSA) is 75.5 Å². The van der Waals surface area contributed by atoms with Gasteiger partial charge >= 0.3 is 12.3 Å². The smallest absolute Gasteiger partial charge is 0.434 e. The number of fused-ring (bicyclic) bond motifs is 2. The summed E-state index contributed by atoms with van der Waals surface area (Å²) >= 11 is 0. The van der Waals surface area contributed by atoms with E-state index in [2.05, 4.69) is 9.97 Å². The molecule has 1 N–H and O–H groups in total. The van der Waals surface area contributed by atoms with Gasteiger partial charge in [0, 0.05) is 12.5 Å². The fourth-order valence-electron chi connectivity index (χ4n) is 3.04. The zero-order valence-electron chi connectivity index (χ0n) is 10.7. The van der Waals surface area contributed by atoms with Crippen LogP contribution in [0.4, 0.5) is 18.0 Å². The molecular weight excluding hydrogens is 291 g/mol. The average Bonchev–Trinajstić information content (AvgIpc) is 2.95. The second kappa shape index (κ2) is 4.74. The third kappa shape index (κ3) is 2.47. The Morgan fingerprint density at radius 2 is 2.10 bits per heavy atom. The Hall–Kier alpha value is -2.06. The predicted molar refractivity (Wildman–Crippen MR) is 62.7 cm³/mol. The second-order valence-electron chi connectivity index (χ2n) is 5.12. The van der Waals surface area contributed by atoms with E-state index >= 15 is 0 Å². The lowest BCUT2D eigenvalue weighted by Crippen LogP contribution is -2.38. The van der Waals surface area contributed by atoms with Gasteiger partial charge < -0.3 is 9.84 Å². The van der Waals surface area contributed by atoms with Crippen LogP contribution in [0.5, 0.6) is 5.88 Å². The van der Waals surface area contributed by atoms with E-state index in [1.165, 1.54) is 4.90 Å². The van der Waals surface area contributed by atoms with Crippen LogP contribution in [0.15, 0.2) is 12.4 Å². The monoisotopic (exact) mass is 303 g/mol. The number of halogens is 3. The van der Waals surface area contributed by atoms with Crippen LogP contribution in [-0.2, 0) is 6.18 Å². The van der Waals surface area contributed by atoms with Crippen molar-refractivity contribution in [1.29, 1.82) is 0 Å². The molecule has 1 amide bonds. The van der Waals surface area contributed by atoms with Gasteiger partial charge in [0.1, 0.15) is 6.10 Å². The predicted octanol–water partition coefficient (Wildman–Crippen LogP) is 2.16. The Bertz CT molecular complexity index is 549. The van der Waals surface area contributed by atoms with Crippen molar-refractivity contribution < 1.29 is 27.8 Å². The minimum absolute atomic E-state index is 0.0223. The van der Waals surface area contributed by atoms with Gasteiger partial charge in [-0.05, 0) is 12.8 Å². The molecule has 3 atom stereocenters. The Morgan fingerprint density at radius 3 is 2.62 bits per heavy atom. The van der Waals surface area contributed by atoms with Crippen molar-refractivity contribution in [2.45, 2.75) is 43.6 Å². The molecule has 3 heterocycles. The molecule has 0 aliphatic carbocycles. The number of alkyl halides is 3. The molecule has 9 heteroatoms.